The molecule has 5 nitrogen and oxygen atoms in total. The standard InChI is InChI=1S/C12H15ClN2O3/c13-12-5-10(15(16)17)2-1-9(12)7-18-11-3-8(4-11)6-14/h1-2,5,8,11H,3-4,6-7,14H2. The smallest absolute Gasteiger partial charge is 0.270 e. The summed E-state index contributed by atoms with van der Waals surface area (Å²) in [6.07, 6.45) is 2.21. The lowest BCUT2D eigenvalue weighted by atomic mass is 9.82. The highest BCUT2D eigenvalue weighted by atomic mass is 35.5. The predicted molar refractivity (Wildman–Crippen MR) is 68.5 cm³/mol. The molecule has 98 valence electrons. The lowest BCUT2D eigenvalue weighted by Crippen LogP contribution is -2.35. The third kappa shape index (κ3) is 2.98. The second-order valence-electron chi connectivity index (χ2n) is 4.54. The molecule has 2 N–H and O–H groups in total. The zero-order valence-electron chi connectivity index (χ0n) is 9.84. The summed E-state index contributed by atoms with van der Waals surface area (Å²) in [5.41, 5.74) is 6.30. The summed E-state index contributed by atoms with van der Waals surface area (Å²) in [6, 6.07) is 4.43. The fourth-order valence-electron chi connectivity index (χ4n) is 1.98. The number of nitrogens with zero attached hydrogens (tertiary/aromatic N) is 1. The van der Waals surface area contributed by atoms with Crippen molar-refractivity contribution in [2.24, 2.45) is 11.7 Å². The van der Waals surface area contributed by atoms with Crippen molar-refractivity contribution in [3.05, 3.63) is 38.9 Å². The molecule has 0 aliphatic heterocycles. The van der Waals surface area contributed by atoms with Crippen LogP contribution in [-0.2, 0) is 11.3 Å². The molecule has 18 heavy (non-hydrogen) atoms. The second kappa shape index (κ2) is 5.65. The quantitative estimate of drug-likeness (QED) is 0.659. The van der Waals surface area contributed by atoms with Gasteiger partial charge in [-0.2, -0.15) is 0 Å². The summed E-state index contributed by atoms with van der Waals surface area (Å²) in [5, 5.41) is 10.9. The van der Waals surface area contributed by atoms with Gasteiger partial charge in [-0.3, -0.25) is 10.1 Å². The van der Waals surface area contributed by atoms with Gasteiger partial charge >= 0.3 is 0 Å². The van der Waals surface area contributed by atoms with Gasteiger partial charge in [-0.1, -0.05) is 11.6 Å². The molecule has 2 rings (SSSR count). The van der Waals surface area contributed by atoms with Crippen molar-refractivity contribution in [2.45, 2.75) is 25.6 Å². The third-order valence-electron chi connectivity index (χ3n) is 3.25. The molecule has 1 aliphatic rings. The Kier molecular flexibility index (Phi) is 4.16. The molecule has 0 unspecified atom stereocenters. The van der Waals surface area contributed by atoms with E-state index < -0.39 is 4.92 Å². The summed E-state index contributed by atoms with van der Waals surface area (Å²) in [7, 11) is 0. The van der Waals surface area contributed by atoms with Crippen LogP contribution in [0.3, 0.4) is 0 Å². The second-order valence-corrected chi connectivity index (χ2v) is 4.95. The maximum absolute atomic E-state index is 10.6. The van der Waals surface area contributed by atoms with Crippen molar-refractivity contribution in [1.82, 2.24) is 0 Å². The molecule has 0 atom stereocenters. The minimum absolute atomic E-state index is 0.00408. The van der Waals surface area contributed by atoms with Gasteiger partial charge in [-0.25, -0.2) is 0 Å². The van der Waals surface area contributed by atoms with E-state index in [1.54, 1.807) is 6.07 Å². The summed E-state index contributed by atoms with van der Waals surface area (Å²) in [5.74, 6) is 0.572. The van der Waals surface area contributed by atoms with Crippen molar-refractivity contribution in [3.8, 4) is 0 Å². The highest BCUT2D eigenvalue weighted by Crippen LogP contribution is 2.31. The number of benzene rings is 1. The van der Waals surface area contributed by atoms with Crippen LogP contribution in [0, 0.1) is 16.0 Å². The first-order chi connectivity index (χ1) is 8.60. The van der Waals surface area contributed by atoms with Crippen molar-refractivity contribution in [2.75, 3.05) is 6.54 Å². The number of rotatable bonds is 5. The number of non-ortho nitro benzene ring substituents is 1. The zero-order valence-corrected chi connectivity index (χ0v) is 10.6. The Bertz CT molecular complexity index is 447. The van der Waals surface area contributed by atoms with E-state index in [0.717, 1.165) is 18.4 Å². The summed E-state index contributed by atoms with van der Waals surface area (Å²) < 4.78 is 5.67. The molecule has 1 aliphatic carbocycles. The fourth-order valence-corrected chi connectivity index (χ4v) is 2.21. The maximum atomic E-state index is 10.6. The van der Waals surface area contributed by atoms with Gasteiger partial charge in [-0.05, 0) is 36.9 Å². The van der Waals surface area contributed by atoms with E-state index >= 15 is 0 Å². The first-order valence-corrected chi connectivity index (χ1v) is 6.22. The Labute approximate surface area is 110 Å². The molecule has 0 saturated heterocycles. The van der Waals surface area contributed by atoms with Crippen LogP contribution in [0.1, 0.15) is 18.4 Å². The van der Waals surface area contributed by atoms with Crippen LogP contribution in [0.5, 0.6) is 0 Å². The first-order valence-electron chi connectivity index (χ1n) is 5.84. The van der Waals surface area contributed by atoms with Gasteiger partial charge < -0.3 is 10.5 Å². The normalized spacial score (nSPS) is 22.6. The number of ether oxygens (including phenoxy) is 1. The van der Waals surface area contributed by atoms with Crippen molar-refractivity contribution in [3.63, 3.8) is 0 Å². The average Bonchev–Trinajstić information content (AvgIpc) is 2.28. The Morgan fingerprint density at radius 1 is 1.50 bits per heavy atom. The van der Waals surface area contributed by atoms with E-state index in [-0.39, 0.29) is 11.8 Å². The Morgan fingerprint density at radius 2 is 2.22 bits per heavy atom. The van der Waals surface area contributed by atoms with Crippen LogP contribution in [0.4, 0.5) is 5.69 Å². The van der Waals surface area contributed by atoms with E-state index in [2.05, 4.69) is 0 Å². The van der Waals surface area contributed by atoms with Gasteiger partial charge in [0, 0.05) is 12.1 Å². The minimum atomic E-state index is -0.464. The van der Waals surface area contributed by atoms with Crippen LogP contribution < -0.4 is 5.73 Å². The van der Waals surface area contributed by atoms with Gasteiger partial charge in [0.15, 0.2) is 0 Å². The molecule has 0 spiro atoms. The molecular weight excluding hydrogens is 256 g/mol. The van der Waals surface area contributed by atoms with E-state index in [1.807, 2.05) is 0 Å². The Balaban J connectivity index is 1.88. The van der Waals surface area contributed by atoms with E-state index in [1.165, 1.54) is 12.1 Å². The molecular formula is C12H15ClN2O3. The van der Waals surface area contributed by atoms with Crippen molar-refractivity contribution < 1.29 is 9.66 Å². The first kappa shape index (κ1) is 13.3. The molecule has 1 fully saturated rings. The third-order valence-corrected chi connectivity index (χ3v) is 3.60. The van der Waals surface area contributed by atoms with E-state index in [0.29, 0.717) is 24.1 Å². The van der Waals surface area contributed by atoms with Gasteiger partial charge in [0.25, 0.3) is 5.69 Å². The molecule has 0 heterocycles. The number of hydrogen-bond acceptors (Lipinski definition) is 4. The molecule has 1 aromatic rings. The van der Waals surface area contributed by atoms with Gasteiger partial charge in [-0.15, -0.1) is 0 Å². The minimum Gasteiger partial charge on any atom is -0.373 e. The summed E-state index contributed by atoms with van der Waals surface area (Å²) in [4.78, 5) is 10.1. The maximum Gasteiger partial charge on any atom is 0.270 e. The molecule has 1 saturated carbocycles. The van der Waals surface area contributed by atoms with Crippen LogP contribution in [0.15, 0.2) is 18.2 Å². The van der Waals surface area contributed by atoms with E-state index in [4.69, 9.17) is 22.1 Å². The monoisotopic (exact) mass is 270 g/mol. The van der Waals surface area contributed by atoms with Gasteiger partial charge in [0.05, 0.1) is 22.7 Å². The van der Waals surface area contributed by atoms with Crippen LogP contribution in [0.2, 0.25) is 5.02 Å². The molecule has 6 heteroatoms. The number of nitro benzene ring substituents is 1. The van der Waals surface area contributed by atoms with Crippen molar-refractivity contribution in [1.29, 1.82) is 0 Å². The molecule has 0 bridgehead atoms. The van der Waals surface area contributed by atoms with Gasteiger partial charge in [0.1, 0.15) is 0 Å². The Morgan fingerprint density at radius 3 is 2.78 bits per heavy atom. The largest absolute Gasteiger partial charge is 0.373 e. The predicted octanol–water partition coefficient (Wildman–Crippen LogP) is 2.50. The SMILES string of the molecule is NCC1CC(OCc2ccc([N+](=O)[O-])cc2Cl)C1. The lowest BCUT2D eigenvalue weighted by Gasteiger charge is -2.34. The number of hydrogen-bond donors (Lipinski definition) is 1. The van der Waals surface area contributed by atoms with E-state index in [9.17, 15) is 10.1 Å². The summed E-state index contributed by atoms with van der Waals surface area (Å²) >= 11 is 5.97. The molecule has 0 radical (unpaired) electrons. The summed E-state index contributed by atoms with van der Waals surface area (Å²) in [6.45, 7) is 1.09. The average molecular weight is 271 g/mol. The highest BCUT2D eigenvalue weighted by molar-refractivity contribution is 6.31. The molecule has 0 amide bonds. The Hall–Kier alpha value is -1.17. The van der Waals surface area contributed by atoms with Crippen LogP contribution >= 0.6 is 11.6 Å². The highest BCUT2D eigenvalue weighted by Gasteiger charge is 2.28. The van der Waals surface area contributed by atoms with Crippen LogP contribution in [0.25, 0.3) is 0 Å². The molecule has 0 aromatic heterocycles. The zero-order chi connectivity index (χ0) is 13.1. The van der Waals surface area contributed by atoms with Crippen molar-refractivity contribution >= 4 is 17.3 Å². The fraction of sp³-hybridized carbons (Fsp3) is 0.500. The molecule has 1 aromatic carbocycles. The number of nitrogens with two attached hydrogens (primary N) is 1. The number of halogens is 1. The van der Waals surface area contributed by atoms with Crippen LogP contribution in [-0.4, -0.2) is 17.6 Å². The van der Waals surface area contributed by atoms with Gasteiger partial charge in [0.2, 0.25) is 0 Å². The lowest BCUT2D eigenvalue weighted by molar-refractivity contribution is -0.384. The topological polar surface area (TPSA) is 78.4 Å². The number of nitro groups is 1.